The van der Waals surface area contributed by atoms with E-state index in [2.05, 4.69) is 20.4 Å². The van der Waals surface area contributed by atoms with E-state index in [-0.39, 0.29) is 19.2 Å². The molecule has 0 aliphatic carbocycles. The van der Waals surface area contributed by atoms with Gasteiger partial charge in [-0.15, -0.1) is 0 Å². The Morgan fingerprint density at radius 2 is 1.39 bits per heavy atom. The second-order valence-corrected chi connectivity index (χ2v) is 6.92. The molecule has 0 heterocycles. The van der Waals surface area contributed by atoms with Crippen LogP contribution in [0.4, 0.5) is 0 Å². The van der Waals surface area contributed by atoms with Gasteiger partial charge >= 0.3 is 17.9 Å². The smallest absolute Gasteiger partial charge is 0.330 e. The Kier molecular flexibility index (Phi) is 13.1. The van der Waals surface area contributed by atoms with Gasteiger partial charge in [0.2, 0.25) is 0 Å². The molecule has 0 spiro atoms. The van der Waals surface area contributed by atoms with E-state index < -0.39 is 11.9 Å². The molecule has 6 heteroatoms. The van der Waals surface area contributed by atoms with E-state index in [1.807, 2.05) is 24.3 Å². The van der Waals surface area contributed by atoms with Gasteiger partial charge in [0.1, 0.15) is 13.2 Å². The van der Waals surface area contributed by atoms with Crippen molar-refractivity contribution in [3.63, 3.8) is 0 Å². The molecule has 0 N–H and O–H groups in total. The van der Waals surface area contributed by atoms with Crippen LogP contribution in [0.3, 0.4) is 0 Å². The Labute approximate surface area is 184 Å². The summed E-state index contributed by atoms with van der Waals surface area (Å²) in [6, 6.07) is 7.30. The molecule has 1 unspecified atom stereocenters. The summed E-state index contributed by atoms with van der Waals surface area (Å²) in [6.45, 7) is 7.94. The maximum atomic E-state index is 11.9. The van der Waals surface area contributed by atoms with E-state index in [0.29, 0.717) is 12.5 Å². The molecule has 0 amide bonds. The minimum absolute atomic E-state index is 0.0221. The molecule has 0 saturated carbocycles. The lowest BCUT2D eigenvalue weighted by Crippen LogP contribution is -2.12. The highest BCUT2D eigenvalue weighted by atomic mass is 16.6. The highest BCUT2D eigenvalue weighted by molar-refractivity contribution is 5.88. The summed E-state index contributed by atoms with van der Waals surface area (Å²) in [6.07, 6.45) is 11.4. The zero-order valence-corrected chi connectivity index (χ0v) is 18.4. The largest absolute Gasteiger partial charge is 0.462 e. The topological polar surface area (TPSA) is 78.9 Å². The standard InChI is InChI=1S/C25H32O6/c1-4-7-8-20(5-2)19-31-25(28)16-14-22-11-9-21(10-12-22)13-15-24(27)30-18-17-29-23(26)6-3/h6,9-16,20H,3-5,7-8,17-19H2,1-2H3/b15-13+,16-14+. The average Bonchev–Trinajstić information content (AvgIpc) is 2.79. The number of unbranched alkanes of at least 4 members (excludes halogenated alkanes) is 1. The normalized spacial score (nSPS) is 11.9. The summed E-state index contributed by atoms with van der Waals surface area (Å²) < 4.78 is 15.0. The van der Waals surface area contributed by atoms with Crippen LogP contribution in [0.1, 0.15) is 50.7 Å². The fourth-order valence-electron chi connectivity index (χ4n) is 2.58. The Balaban J connectivity index is 2.40. The zero-order valence-electron chi connectivity index (χ0n) is 18.4. The van der Waals surface area contributed by atoms with Crippen molar-refractivity contribution in [2.45, 2.75) is 39.5 Å². The predicted octanol–water partition coefficient (Wildman–Crippen LogP) is 4.75. The maximum Gasteiger partial charge on any atom is 0.330 e. The number of hydrogen-bond donors (Lipinski definition) is 0. The molecule has 1 atom stereocenters. The van der Waals surface area contributed by atoms with Crippen LogP contribution >= 0.6 is 0 Å². The molecule has 31 heavy (non-hydrogen) atoms. The molecule has 0 fully saturated rings. The third kappa shape index (κ3) is 12.2. The van der Waals surface area contributed by atoms with E-state index in [0.717, 1.165) is 42.9 Å². The summed E-state index contributed by atoms with van der Waals surface area (Å²) in [5, 5.41) is 0. The van der Waals surface area contributed by atoms with Crippen molar-refractivity contribution in [1.29, 1.82) is 0 Å². The summed E-state index contributed by atoms with van der Waals surface area (Å²) in [7, 11) is 0. The van der Waals surface area contributed by atoms with Gasteiger partial charge in [0.05, 0.1) is 6.61 Å². The number of ether oxygens (including phenoxy) is 3. The molecular formula is C25H32O6. The van der Waals surface area contributed by atoms with E-state index in [1.165, 1.54) is 12.2 Å². The number of esters is 3. The van der Waals surface area contributed by atoms with E-state index >= 15 is 0 Å². The first-order chi connectivity index (χ1) is 15.0. The van der Waals surface area contributed by atoms with E-state index in [9.17, 15) is 14.4 Å². The fourth-order valence-corrected chi connectivity index (χ4v) is 2.58. The number of benzene rings is 1. The van der Waals surface area contributed by atoms with Crippen LogP contribution in [0.25, 0.3) is 12.2 Å². The van der Waals surface area contributed by atoms with Gasteiger partial charge in [-0.1, -0.05) is 64.0 Å². The zero-order chi connectivity index (χ0) is 22.9. The van der Waals surface area contributed by atoms with Gasteiger partial charge in [-0.2, -0.15) is 0 Å². The molecule has 0 radical (unpaired) electrons. The molecule has 6 nitrogen and oxygen atoms in total. The van der Waals surface area contributed by atoms with Crippen LogP contribution < -0.4 is 0 Å². The number of carbonyl (C=O) groups is 3. The number of rotatable bonds is 14. The second kappa shape index (κ2) is 15.7. The minimum atomic E-state index is -0.564. The molecule has 0 bridgehead atoms. The van der Waals surface area contributed by atoms with Crippen LogP contribution in [0.5, 0.6) is 0 Å². The molecule has 1 rings (SSSR count). The van der Waals surface area contributed by atoms with Crippen LogP contribution in [0, 0.1) is 5.92 Å². The third-order valence-corrected chi connectivity index (χ3v) is 4.50. The SMILES string of the molecule is C=CC(=O)OCCOC(=O)/C=C/c1ccc(/C=C/C(=O)OCC(CC)CCCC)cc1. The predicted molar refractivity (Wildman–Crippen MR) is 121 cm³/mol. The average molecular weight is 429 g/mol. The monoisotopic (exact) mass is 428 g/mol. The Morgan fingerprint density at radius 3 is 1.87 bits per heavy atom. The molecule has 1 aromatic carbocycles. The molecule has 1 aromatic rings. The lowest BCUT2D eigenvalue weighted by atomic mass is 10.0. The highest BCUT2D eigenvalue weighted by Crippen LogP contribution is 2.13. The van der Waals surface area contributed by atoms with Crippen molar-refractivity contribution < 1.29 is 28.6 Å². The van der Waals surface area contributed by atoms with Crippen LogP contribution in [0.15, 0.2) is 49.1 Å². The first kappa shape index (κ1) is 25.9. The van der Waals surface area contributed by atoms with Gasteiger partial charge in [-0.3, -0.25) is 0 Å². The van der Waals surface area contributed by atoms with Crippen LogP contribution in [-0.2, 0) is 28.6 Å². The Hall–Kier alpha value is -3.15. The van der Waals surface area contributed by atoms with Gasteiger partial charge in [0.15, 0.2) is 0 Å². The first-order valence-electron chi connectivity index (χ1n) is 10.6. The van der Waals surface area contributed by atoms with Gasteiger partial charge in [0.25, 0.3) is 0 Å². The molecule has 0 aliphatic rings. The van der Waals surface area contributed by atoms with Crippen molar-refractivity contribution in [2.24, 2.45) is 5.92 Å². The molecule has 0 saturated heterocycles. The van der Waals surface area contributed by atoms with Crippen molar-refractivity contribution in [3.8, 4) is 0 Å². The van der Waals surface area contributed by atoms with Crippen LogP contribution in [-0.4, -0.2) is 37.7 Å². The Morgan fingerprint density at radius 1 is 0.871 bits per heavy atom. The lowest BCUT2D eigenvalue weighted by molar-refractivity contribution is -0.145. The van der Waals surface area contributed by atoms with Gasteiger partial charge in [-0.25, -0.2) is 14.4 Å². The highest BCUT2D eigenvalue weighted by Gasteiger charge is 2.08. The molecule has 0 aromatic heterocycles. The fraction of sp³-hybridized carbons (Fsp3) is 0.400. The Bertz CT molecular complexity index is 761. The van der Waals surface area contributed by atoms with Crippen molar-refractivity contribution in [3.05, 3.63) is 60.2 Å². The summed E-state index contributed by atoms with van der Waals surface area (Å²) in [5.74, 6) is -1.03. The summed E-state index contributed by atoms with van der Waals surface area (Å²) >= 11 is 0. The van der Waals surface area contributed by atoms with E-state index in [1.54, 1.807) is 12.2 Å². The number of carbonyl (C=O) groups excluding carboxylic acids is 3. The van der Waals surface area contributed by atoms with Crippen molar-refractivity contribution >= 4 is 30.1 Å². The molecule has 0 aliphatic heterocycles. The molecular weight excluding hydrogens is 396 g/mol. The summed E-state index contributed by atoms with van der Waals surface area (Å²) in [4.78, 5) is 34.4. The summed E-state index contributed by atoms with van der Waals surface area (Å²) in [5.41, 5.74) is 1.65. The van der Waals surface area contributed by atoms with E-state index in [4.69, 9.17) is 14.2 Å². The first-order valence-corrected chi connectivity index (χ1v) is 10.6. The van der Waals surface area contributed by atoms with Gasteiger partial charge in [-0.05, 0) is 35.6 Å². The van der Waals surface area contributed by atoms with Gasteiger partial charge in [0, 0.05) is 18.2 Å². The quantitative estimate of drug-likeness (QED) is 0.184. The molecule has 168 valence electrons. The van der Waals surface area contributed by atoms with Crippen LogP contribution in [0.2, 0.25) is 0 Å². The van der Waals surface area contributed by atoms with Crippen molar-refractivity contribution in [2.75, 3.05) is 19.8 Å². The third-order valence-electron chi connectivity index (χ3n) is 4.50. The van der Waals surface area contributed by atoms with Gasteiger partial charge < -0.3 is 14.2 Å². The second-order valence-electron chi connectivity index (χ2n) is 6.92. The maximum absolute atomic E-state index is 11.9. The minimum Gasteiger partial charge on any atom is -0.462 e. The lowest BCUT2D eigenvalue weighted by Gasteiger charge is -2.13. The van der Waals surface area contributed by atoms with Crippen molar-refractivity contribution in [1.82, 2.24) is 0 Å². The number of hydrogen-bond acceptors (Lipinski definition) is 6.